The summed E-state index contributed by atoms with van der Waals surface area (Å²) in [6.07, 6.45) is 6.79. The van der Waals surface area contributed by atoms with Gasteiger partial charge in [0.1, 0.15) is 0 Å². The quantitative estimate of drug-likeness (QED) is 0.841. The van der Waals surface area contributed by atoms with Crippen LogP contribution in [0, 0.1) is 17.8 Å². The summed E-state index contributed by atoms with van der Waals surface area (Å²) in [5.74, 6) is 2.34. The Balaban J connectivity index is 1.60. The van der Waals surface area contributed by atoms with E-state index in [2.05, 4.69) is 30.7 Å². The molecule has 1 aliphatic carbocycles. The van der Waals surface area contributed by atoms with Gasteiger partial charge in [0.25, 0.3) is 0 Å². The highest BCUT2D eigenvalue weighted by Crippen LogP contribution is 2.35. The van der Waals surface area contributed by atoms with Crippen molar-refractivity contribution < 1.29 is 0 Å². The zero-order valence-corrected chi connectivity index (χ0v) is 13.6. The number of rotatable bonds is 2. The lowest BCUT2D eigenvalue weighted by Gasteiger charge is -2.40. The highest BCUT2D eigenvalue weighted by molar-refractivity contribution is 4.93. The second-order valence-corrected chi connectivity index (χ2v) is 7.98. The second-order valence-electron chi connectivity index (χ2n) is 7.98. The van der Waals surface area contributed by atoms with Crippen LogP contribution in [0.15, 0.2) is 0 Å². The summed E-state index contributed by atoms with van der Waals surface area (Å²) < 4.78 is 0. The van der Waals surface area contributed by atoms with Crippen molar-refractivity contribution >= 4 is 0 Å². The van der Waals surface area contributed by atoms with Gasteiger partial charge in [0.05, 0.1) is 0 Å². The zero-order chi connectivity index (χ0) is 14.3. The summed E-state index contributed by atoms with van der Waals surface area (Å²) in [5, 5.41) is 0. The third kappa shape index (κ3) is 2.90. The molecule has 0 radical (unpaired) electrons. The number of nitrogens with two attached hydrogens (primary N) is 1. The molecule has 2 aliphatic heterocycles. The second kappa shape index (κ2) is 5.94. The molecule has 116 valence electrons. The van der Waals surface area contributed by atoms with Crippen LogP contribution in [0.25, 0.3) is 0 Å². The Bertz CT molecular complexity index is 320. The molecule has 2 heterocycles. The van der Waals surface area contributed by atoms with Gasteiger partial charge in [-0.15, -0.1) is 0 Å². The van der Waals surface area contributed by atoms with E-state index in [0.717, 1.165) is 23.9 Å². The predicted molar refractivity (Wildman–Crippen MR) is 84.7 cm³/mol. The van der Waals surface area contributed by atoms with E-state index < -0.39 is 0 Å². The van der Waals surface area contributed by atoms with Crippen LogP contribution in [0.5, 0.6) is 0 Å². The van der Waals surface area contributed by atoms with E-state index in [1.165, 1.54) is 51.7 Å². The van der Waals surface area contributed by atoms with E-state index in [1.807, 2.05) is 0 Å². The Kier molecular flexibility index (Phi) is 4.40. The number of hydrogen-bond donors (Lipinski definition) is 1. The van der Waals surface area contributed by atoms with Crippen molar-refractivity contribution in [1.29, 1.82) is 0 Å². The minimum absolute atomic E-state index is 0.423. The first-order chi connectivity index (χ1) is 9.54. The fourth-order valence-corrected chi connectivity index (χ4v) is 5.13. The number of likely N-dealkylation sites (N-methyl/N-ethyl adjacent to an activating group) is 1. The van der Waals surface area contributed by atoms with Crippen molar-refractivity contribution in [2.24, 2.45) is 23.5 Å². The number of fused-ring (bicyclic) bond motifs is 2. The van der Waals surface area contributed by atoms with E-state index in [4.69, 9.17) is 5.73 Å². The van der Waals surface area contributed by atoms with Crippen LogP contribution >= 0.6 is 0 Å². The summed E-state index contributed by atoms with van der Waals surface area (Å²) in [4.78, 5) is 5.38. The molecular weight excluding hydrogens is 246 g/mol. The first kappa shape index (κ1) is 14.8. The minimum Gasteiger partial charge on any atom is -0.327 e. The van der Waals surface area contributed by atoms with Crippen LogP contribution in [0.3, 0.4) is 0 Å². The molecule has 0 spiro atoms. The molecule has 3 aliphatic rings. The molecule has 3 fully saturated rings. The molecule has 0 aromatic heterocycles. The fraction of sp³-hybridized carbons (Fsp3) is 1.00. The highest BCUT2D eigenvalue weighted by Gasteiger charge is 2.37. The Hall–Kier alpha value is -0.120. The van der Waals surface area contributed by atoms with Gasteiger partial charge in [0, 0.05) is 31.2 Å². The normalized spacial score (nSPS) is 47.4. The van der Waals surface area contributed by atoms with E-state index in [9.17, 15) is 0 Å². The minimum atomic E-state index is 0.423. The Labute approximate surface area is 124 Å². The lowest BCUT2D eigenvalue weighted by molar-refractivity contribution is 0.111. The van der Waals surface area contributed by atoms with Gasteiger partial charge in [-0.25, -0.2) is 0 Å². The maximum absolute atomic E-state index is 6.48. The van der Waals surface area contributed by atoms with Crippen LogP contribution in [0.2, 0.25) is 0 Å². The average Bonchev–Trinajstić information content (AvgIpc) is 2.60. The molecule has 3 heteroatoms. The largest absolute Gasteiger partial charge is 0.327 e. The molecule has 2 bridgehead atoms. The summed E-state index contributed by atoms with van der Waals surface area (Å²) in [7, 11) is 2.34. The van der Waals surface area contributed by atoms with E-state index in [1.54, 1.807) is 0 Å². The molecule has 0 amide bonds. The fourth-order valence-electron chi connectivity index (χ4n) is 5.13. The lowest BCUT2D eigenvalue weighted by Crippen LogP contribution is -2.48. The standard InChI is InChI=1S/C17H33N3/c1-12-8-13(2)16(17(18)9-12)11-20-7-6-14-4-5-15(10-20)19(14)3/h12-17H,4-11,18H2,1-3H3. The lowest BCUT2D eigenvalue weighted by atomic mass is 9.72. The van der Waals surface area contributed by atoms with Crippen LogP contribution in [-0.2, 0) is 0 Å². The summed E-state index contributed by atoms with van der Waals surface area (Å²) in [6.45, 7) is 8.60. The van der Waals surface area contributed by atoms with Gasteiger partial charge in [-0.1, -0.05) is 13.8 Å². The molecule has 2 N–H and O–H groups in total. The Morgan fingerprint density at radius 3 is 2.55 bits per heavy atom. The van der Waals surface area contributed by atoms with E-state index in [0.29, 0.717) is 12.0 Å². The summed E-state index contributed by atoms with van der Waals surface area (Å²) >= 11 is 0. The van der Waals surface area contributed by atoms with Gasteiger partial charge in [-0.3, -0.25) is 4.90 Å². The number of hydrogen-bond acceptors (Lipinski definition) is 3. The van der Waals surface area contributed by atoms with Gasteiger partial charge >= 0.3 is 0 Å². The molecule has 3 rings (SSSR count). The van der Waals surface area contributed by atoms with Gasteiger partial charge < -0.3 is 10.6 Å². The van der Waals surface area contributed by atoms with Crippen LogP contribution < -0.4 is 5.73 Å². The van der Waals surface area contributed by atoms with E-state index >= 15 is 0 Å². The molecular formula is C17H33N3. The first-order valence-corrected chi connectivity index (χ1v) is 8.74. The molecule has 0 aromatic carbocycles. The average molecular weight is 279 g/mol. The predicted octanol–water partition coefficient (Wildman–Crippen LogP) is 2.16. The number of nitrogens with zero attached hydrogens (tertiary/aromatic N) is 2. The summed E-state index contributed by atoms with van der Waals surface area (Å²) in [5.41, 5.74) is 6.48. The van der Waals surface area contributed by atoms with Gasteiger partial charge in [0.15, 0.2) is 0 Å². The van der Waals surface area contributed by atoms with Crippen LogP contribution in [0.1, 0.15) is 46.0 Å². The molecule has 1 saturated carbocycles. The van der Waals surface area contributed by atoms with Crippen molar-refractivity contribution in [3.63, 3.8) is 0 Å². The molecule has 6 atom stereocenters. The molecule has 6 unspecified atom stereocenters. The highest BCUT2D eigenvalue weighted by atomic mass is 15.3. The maximum Gasteiger partial charge on any atom is 0.0223 e. The zero-order valence-electron chi connectivity index (χ0n) is 13.6. The maximum atomic E-state index is 6.48. The van der Waals surface area contributed by atoms with Crippen molar-refractivity contribution in [2.75, 3.05) is 26.7 Å². The van der Waals surface area contributed by atoms with E-state index in [-0.39, 0.29) is 0 Å². The first-order valence-electron chi connectivity index (χ1n) is 8.74. The SMILES string of the molecule is CC1CC(C)C(CN2CCC3CCC(C2)N3C)C(N)C1. The van der Waals surface area contributed by atoms with Crippen molar-refractivity contribution in [2.45, 2.75) is 64.1 Å². The number of likely N-dealkylation sites (tertiary alicyclic amines) is 1. The Morgan fingerprint density at radius 1 is 1.05 bits per heavy atom. The Morgan fingerprint density at radius 2 is 1.80 bits per heavy atom. The third-order valence-corrected chi connectivity index (χ3v) is 6.43. The topological polar surface area (TPSA) is 32.5 Å². The molecule has 2 saturated heterocycles. The third-order valence-electron chi connectivity index (χ3n) is 6.43. The molecule has 3 nitrogen and oxygen atoms in total. The van der Waals surface area contributed by atoms with Crippen molar-refractivity contribution in [3.8, 4) is 0 Å². The van der Waals surface area contributed by atoms with Crippen molar-refractivity contribution in [3.05, 3.63) is 0 Å². The van der Waals surface area contributed by atoms with Crippen LogP contribution in [-0.4, -0.2) is 54.6 Å². The molecule has 0 aromatic rings. The van der Waals surface area contributed by atoms with Gasteiger partial charge in [-0.2, -0.15) is 0 Å². The van der Waals surface area contributed by atoms with Gasteiger partial charge in [-0.05, 0) is 63.5 Å². The molecule has 20 heavy (non-hydrogen) atoms. The monoisotopic (exact) mass is 279 g/mol. The van der Waals surface area contributed by atoms with Gasteiger partial charge in [0.2, 0.25) is 0 Å². The van der Waals surface area contributed by atoms with Crippen molar-refractivity contribution in [1.82, 2.24) is 9.80 Å². The summed E-state index contributed by atoms with van der Waals surface area (Å²) in [6, 6.07) is 2.07. The van der Waals surface area contributed by atoms with Crippen LogP contribution in [0.4, 0.5) is 0 Å². The smallest absolute Gasteiger partial charge is 0.0223 e.